The lowest BCUT2D eigenvalue weighted by Gasteiger charge is -2.37. The van der Waals surface area contributed by atoms with E-state index in [1.54, 1.807) is 65.6 Å². The molecule has 0 N–H and O–H groups in total. The topological polar surface area (TPSA) is 76.2 Å². The van der Waals surface area contributed by atoms with Crippen molar-refractivity contribution in [2.45, 2.75) is 35.0 Å². The summed E-state index contributed by atoms with van der Waals surface area (Å²) in [6.07, 6.45) is 1.17. The van der Waals surface area contributed by atoms with Crippen molar-refractivity contribution in [1.82, 2.24) is 4.90 Å². The van der Waals surface area contributed by atoms with Crippen molar-refractivity contribution < 1.29 is 27.7 Å². The van der Waals surface area contributed by atoms with Crippen LogP contribution in [0.1, 0.15) is 39.1 Å². The van der Waals surface area contributed by atoms with E-state index in [-0.39, 0.29) is 12.5 Å². The number of benzene rings is 3. The second-order valence-corrected chi connectivity index (χ2v) is 10.7. The van der Waals surface area contributed by atoms with Crippen LogP contribution in [0.4, 0.5) is 10.1 Å². The van der Waals surface area contributed by atoms with Crippen LogP contribution in [0.2, 0.25) is 0 Å². The number of carbonyl (C=O) groups excluding carboxylic acids is 2. The van der Waals surface area contributed by atoms with Gasteiger partial charge in [0.15, 0.2) is 5.79 Å². The van der Waals surface area contributed by atoms with Crippen LogP contribution in [0, 0.1) is 5.82 Å². The Morgan fingerprint density at radius 2 is 1.65 bits per heavy atom. The van der Waals surface area contributed by atoms with E-state index in [1.807, 2.05) is 0 Å². The molecule has 6 rings (SSSR count). The van der Waals surface area contributed by atoms with Gasteiger partial charge in [0.05, 0.1) is 51.6 Å². The zero-order chi connectivity index (χ0) is 25.6. The molecule has 7 nitrogen and oxygen atoms in total. The number of halogens is 1. The minimum atomic E-state index is -1.66. The predicted octanol–water partition coefficient (Wildman–Crippen LogP) is 4.13. The standard InChI is InChI=1S/C28H25FN2O5S/c29-22-7-3-1-5-20(22)18-31-23-17-19(26(32)30-13-11-28(12-14-30)35-15-16-36-28)9-10-25(23)37(34)24-8-4-2-6-21(24)27(31)33/h1-10,17H,11-16,18H2/t37-/m1/s1. The molecule has 3 heterocycles. The third-order valence-electron chi connectivity index (χ3n) is 7.17. The molecule has 9 heteroatoms. The molecule has 0 aliphatic carbocycles. The summed E-state index contributed by atoms with van der Waals surface area (Å²) in [6, 6.07) is 17.9. The van der Waals surface area contributed by atoms with Gasteiger partial charge in [0.1, 0.15) is 5.82 Å². The monoisotopic (exact) mass is 520 g/mol. The Bertz CT molecular complexity index is 1410. The molecular formula is C28H25FN2O5S. The highest BCUT2D eigenvalue weighted by Crippen LogP contribution is 2.37. The van der Waals surface area contributed by atoms with Gasteiger partial charge in [0.2, 0.25) is 0 Å². The Morgan fingerprint density at radius 3 is 2.41 bits per heavy atom. The highest BCUT2D eigenvalue weighted by molar-refractivity contribution is 7.85. The summed E-state index contributed by atoms with van der Waals surface area (Å²) >= 11 is 0. The fourth-order valence-electron chi connectivity index (χ4n) is 5.17. The second kappa shape index (κ2) is 9.48. The van der Waals surface area contributed by atoms with Crippen LogP contribution in [0.15, 0.2) is 76.5 Å². The maximum atomic E-state index is 14.6. The summed E-state index contributed by atoms with van der Waals surface area (Å²) in [4.78, 5) is 31.2. The van der Waals surface area contributed by atoms with E-state index in [2.05, 4.69) is 0 Å². The molecule has 3 aromatic carbocycles. The number of amides is 2. The van der Waals surface area contributed by atoms with Gasteiger partial charge < -0.3 is 19.3 Å². The number of piperidine rings is 1. The summed E-state index contributed by atoms with van der Waals surface area (Å²) in [7, 11) is -1.66. The number of likely N-dealkylation sites (tertiary alicyclic amines) is 1. The minimum absolute atomic E-state index is 0.0669. The first kappa shape index (κ1) is 24.0. The highest BCUT2D eigenvalue weighted by atomic mass is 32.2. The predicted molar refractivity (Wildman–Crippen MR) is 134 cm³/mol. The lowest BCUT2D eigenvalue weighted by atomic mass is 10.0. The van der Waals surface area contributed by atoms with Crippen LogP contribution in [-0.4, -0.2) is 53.0 Å². The van der Waals surface area contributed by atoms with Gasteiger partial charge in [-0.3, -0.25) is 9.59 Å². The maximum Gasteiger partial charge on any atom is 0.259 e. The molecular weight excluding hydrogens is 495 g/mol. The zero-order valence-corrected chi connectivity index (χ0v) is 20.8. The second-order valence-electron chi connectivity index (χ2n) is 9.33. The summed E-state index contributed by atoms with van der Waals surface area (Å²) < 4.78 is 39.8. The number of hydrogen-bond acceptors (Lipinski definition) is 5. The number of anilines is 1. The molecule has 0 bridgehead atoms. The highest BCUT2D eigenvalue weighted by Gasteiger charge is 2.41. The Labute approximate surface area is 216 Å². The van der Waals surface area contributed by atoms with Crippen LogP contribution >= 0.6 is 0 Å². The van der Waals surface area contributed by atoms with Gasteiger partial charge in [-0.2, -0.15) is 0 Å². The number of hydrogen-bond donors (Lipinski definition) is 0. The van der Waals surface area contributed by atoms with E-state index in [0.29, 0.717) is 71.3 Å². The van der Waals surface area contributed by atoms with Gasteiger partial charge in [0, 0.05) is 37.1 Å². The van der Waals surface area contributed by atoms with Gasteiger partial charge >= 0.3 is 0 Å². The number of carbonyl (C=O) groups is 2. The molecule has 37 heavy (non-hydrogen) atoms. The molecule has 2 saturated heterocycles. The largest absolute Gasteiger partial charge is 0.347 e. The number of ether oxygens (including phenoxy) is 2. The van der Waals surface area contributed by atoms with Crippen molar-refractivity contribution >= 4 is 28.3 Å². The van der Waals surface area contributed by atoms with E-state index < -0.39 is 28.3 Å². The molecule has 1 atom stereocenters. The molecule has 0 aromatic heterocycles. The molecule has 3 aliphatic rings. The maximum absolute atomic E-state index is 14.6. The normalized spacial score (nSPS) is 20.5. The molecule has 0 unspecified atom stereocenters. The molecule has 0 saturated carbocycles. The molecule has 3 aliphatic heterocycles. The van der Waals surface area contributed by atoms with Crippen LogP contribution in [0.25, 0.3) is 0 Å². The average Bonchev–Trinajstić information content (AvgIpc) is 3.36. The van der Waals surface area contributed by atoms with E-state index >= 15 is 0 Å². The first-order chi connectivity index (χ1) is 18.0. The molecule has 3 aromatic rings. The zero-order valence-electron chi connectivity index (χ0n) is 20.0. The van der Waals surface area contributed by atoms with Gasteiger partial charge in [-0.25, -0.2) is 8.60 Å². The minimum Gasteiger partial charge on any atom is -0.347 e. The Morgan fingerprint density at radius 1 is 0.946 bits per heavy atom. The van der Waals surface area contributed by atoms with Crippen LogP contribution < -0.4 is 4.90 Å². The van der Waals surface area contributed by atoms with Crippen molar-refractivity contribution in [3.8, 4) is 0 Å². The lowest BCUT2D eigenvalue weighted by molar-refractivity contribution is -0.181. The molecule has 0 radical (unpaired) electrons. The summed E-state index contributed by atoms with van der Waals surface area (Å²) in [5, 5.41) is 0. The molecule has 190 valence electrons. The van der Waals surface area contributed by atoms with Crippen molar-refractivity contribution in [2.75, 3.05) is 31.2 Å². The van der Waals surface area contributed by atoms with Crippen molar-refractivity contribution in [1.29, 1.82) is 0 Å². The molecule has 2 amide bonds. The molecule has 2 fully saturated rings. The fraction of sp³-hybridized carbons (Fsp3) is 0.286. The number of nitrogens with zero attached hydrogens (tertiary/aromatic N) is 2. The van der Waals surface area contributed by atoms with E-state index in [4.69, 9.17) is 9.47 Å². The van der Waals surface area contributed by atoms with Gasteiger partial charge in [0.25, 0.3) is 11.8 Å². The van der Waals surface area contributed by atoms with E-state index in [1.165, 1.54) is 11.0 Å². The quantitative estimate of drug-likeness (QED) is 0.519. The van der Waals surface area contributed by atoms with Gasteiger partial charge in [-0.15, -0.1) is 0 Å². The van der Waals surface area contributed by atoms with E-state index in [0.717, 1.165) is 0 Å². The van der Waals surface area contributed by atoms with Crippen molar-refractivity contribution in [2.24, 2.45) is 0 Å². The Hall–Kier alpha value is -3.40. The van der Waals surface area contributed by atoms with Crippen molar-refractivity contribution in [3.05, 3.63) is 89.2 Å². The first-order valence-corrected chi connectivity index (χ1v) is 13.4. The SMILES string of the molecule is O=C(c1ccc2c(c1)N(Cc1ccccc1F)C(=O)c1ccccc1[S@]2=O)N1CCC2(CC1)OCCO2. The summed E-state index contributed by atoms with van der Waals surface area (Å²) in [5.41, 5.74) is 1.32. The van der Waals surface area contributed by atoms with E-state index in [9.17, 15) is 18.2 Å². The third kappa shape index (κ3) is 4.27. The summed E-state index contributed by atoms with van der Waals surface area (Å²) in [6.45, 7) is 2.01. The Kier molecular flexibility index (Phi) is 6.14. The van der Waals surface area contributed by atoms with Gasteiger partial charge in [-0.1, -0.05) is 30.3 Å². The first-order valence-electron chi connectivity index (χ1n) is 12.2. The Balaban J connectivity index is 1.38. The average molecular weight is 521 g/mol. The smallest absolute Gasteiger partial charge is 0.259 e. The fourth-order valence-corrected chi connectivity index (χ4v) is 6.51. The number of rotatable bonds is 3. The molecule has 1 spiro atoms. The lowest BCUT2D eigenvalue weighted by Crippen LogP contribution is -2.47. The van der Waals surface area contributed by atoms with Crippen LogP contribution in [0.3, 0.4) is 0 Å². The van der Waals surface area contributed by atoms with Crippen LogP contribution in [-0.2, 0) is 26.8 Å². The van der Waals surface area contributed by atoms with Crippen LogP contribution in [0.5, 0.6) is 0 Å². The number of fused-ring (bicyclic) bond motifs is 2. The van der Waals surface area contributed by atoms with Crippen molar-refractivity contribution in [3.63, 3.8) is 0 Å². The summed E-state index contributed by atoms with van der Waals surface area (Å²) in [5.74, 6) is -1.63. The third-order valence-corrected chi connectivity index (χ3v) is 8.67. The van der Waals surface area contributed by atoms with Gasteiger partial charge in [-0.05, 0) is 36.4 Å².